The molecule has 0 aromatic heterocycles. The summed E-state index contributed by atoms with van der Waals surface area (Å²) in [5.41, 5.74) is 2.58. The van der Waals surface area contributed by atoms with E-state index in [0.29, 0.717) is 6.61 Å². The molecule has 0 N–H and O–H groups in total. The van der Waals surface area contributed by atoms with Crippen molar-refractivity contribution in [2.24, 2.45) is 0 Å². The number of ether oxygens (including phenoxy) is 4. The summed E-state index contributed by atoms with van der Waals surface area (Å²) in [5, 5.41) is 0. The molecule has 0 spiro atoms. The zero-order chi connectivity index (χ0) is 24.7. The Morgan fingerprint density at radius 1 is 0.694 bits per heavy atom. The molecular weight excluding hydrogens is 452 g/mol. The maximum absolute atomic E-state index is 12.4. The Morgan fingerprint density at radius 3 is 1.61 bits per heavy atom. The highest BCUT2D eigenvalue weighted by Crippen LogP contribution is 2.46. The molecule has 5 heteroatoms. The fraction of sp³-hybridized carbons (Fsp3) is 0.194. The number of cyclic esters (lactones) is 1. The van der Waals surface area contributed by atoms with Crippen LogP contribution in [-0.4, -0.2) is 18.7 Å². The minimum atomic E-state index is -1.62. The molecule has 1 saturated heterocycles. The first-order chi connectivity index (χ1) is 17.7. The number of hydrogen-bond donors (Lipinski definition) is 0. The summed E-state index contributed by atoms with van der Waals surface area (Å²) < 4.78 is 24.6. The molecule has 0 unspecified atom stereocenters. The first-order valence-corrected chi connectivity index (χ1v) is 12.0. The number of benzene rings is 4. The molecular formula is C31H28O5. The predicted octanol–water partition coefficient (Wildman–Crippen LogP) is 6.18. The van der Waals surface area contributed by atoms with E-state index in [0.717, 1.165) is 22.3 Å². The molecule has 1 atom stereocenters. The van der Waals surface area contributed by atoms with Crippen LogP contribution in [0.3, 0.4) is 0 Å². The van der Waals surface area contributed by atoms with Gasteiger partial charge in [-0.3, -0.25) is 14.3 Å². The second-order valence-electron chi connectivity index (χ2n) is 8.63. The molecule has 0 bridgehead atoms. The van der Waals surface area contributed by atoms with Gasteiger partial charge in [0, 0.05) is 0 Å². The van der Waals surface area contributed by atoms with E-state index in [9.17, 15) is 4.79 Å². The summed E-state index contributed by atoms with van der Waals surface area (Å²) in [5.74, 6) is -1.99. The van der Waals surface area contributed by atoms with E-state index in [-0.39, 0.29) is 25.6 Å². The van der Waals surface area contributed by atoms with Gasteiger partial charge < -0.3 is 9.47 Å². The Bertz CT molecular complexity index is 1150. The fourth-order valence-corrected chi connectivity index (χ4v) is 4.53. The van der Waals surface area contributed by atoms with Crippen LogP contribution in [0.5, 0.6) is 0 Å². The quantitative estimate of drug-likeness (QED) is 0.117. The van der Waals surface area contributed by atoms with Crippen LogP contribution in [0.25, 0.3) is 0 Å². The number of hydrogen-bond acceptors (Lipinski definition) is 5. The van der Waals surface area contributed by atoms with E-state index < -0.39 is 11.6 Å². The average molecular weight is 481 g/mol. The van der Waals surface area contributed by atoms with Gasteiger partial charge in [-0.15, -0.1) is 0 Å². The summed E-state index contributed by atoms with van der Waals surface area (Å²) in [4.78, 5) is 12.4. The molecule has 4 aromatic rings. The zero-order valence-electron chi connectivity index (χ0n) is 19.9. The molecule has 5 nitrogen and oxygen atoms in total. The Labute approximate surface area is 211 Å². The van der Waals surface area contributed by atoms with Gasteiger partial charge in [0.2, 0.25) is 0 Å². The van der Waals surface area contributed by atoms with Crippen molar-refractivity contribution in [1.29, 1.82) is 0 Å². The molecule has 0 aliphatic carbocycles. The van der Waals surface area contributed by atoms with Crippen LogP contribution in [-0.2, 0) is 35.9 Å². The minimum Gasteiger partial charge on any atom is -0.408 e. The van der Waals surface area contributed by atoms with Crippen molar-refractivity contribution >= 4 is 5.97 Å². The molecule has 5 rings (SSSR count). The number of esters is 1. The number of rotatable bonds is 10. The molecule has 1 aliphatic rings. The highest BCUT2D eigenvalue weighted by Gasteiger charge is 2.52. The van der Waals surface area contributed by atoms with Crippen molar-refractivity contribution in [3.63, 3.8) is 0 Å². The summed E-state index contributed by atoms with van der Waals surface area (Å²) in [6, 6.07) is 39.6. The number of carbonyl (C=O) groups is 1. The van der Waals surface area contributed by atoms with Crippen molar-refractivity contribution in [3.05, 3.63) is 144 Å². The van der Waals surface area contributed by atoms with Crippen LogP contribution in [0.15, 0.2) is 121 Å². The van der Waals surface area contributed by atoms with Crippen molar-refractivity contribution in [2.75, 3.05) is 6.79 Å². The third-order valence-electron chi connectivity index (χ3n) is 6.23. The fourth-order valence-electron chi connectivity index (χ4n) is 4.53. The molecule has 1 aliphatic heterocycles. The van der Waals surface area contributed by atoms with Crippen LogP contribution in [0, 0.1) is 0 Å². The van der Waals surface area contributed by atoms with E-state index >= 15 is 0 Å². The first kappa shape index (κ1) is 23.9. The minimum absolute atomic E-state index is 0.101. The lowest BCUT2D eigenvalue weighted by Crippen LogP contribution is -2.46. The molecule has 0 saturated carbocycles. The third-order valence-corrected chi connectivity index (χ3v) is 6.23. The normalized spacial score (nSPS) is 17.6. The maximum Gasteiger partial charge on any atom is 0.333 e. The monoisotopic (exact) mass is 480 g/mol. The van der Waals surface area contributed by atoms with Gasteiger partial charge in [0.1, 0.15) is 0 Å². The highest BCUT2D eigenvalue weighted by atomic mass is 16.9. The molecule has 4 aromatic carbocycles. The molecule has 36 heavy (non-hydrogen) atoms. The predicted molar refractivity (Wildman–Crippen MR) is 136 cm³/mol. The van der Waals surface area contributed by atoms with Crippen molar-refractivity contribution in [1.82, 2.24) is 0 Å². The summed E-state index contributed by atoms with van der Waals surface area (Å²) in [6.07, 6.45) is 0.432. The topological polar surface area (TPSA) is 54.0 Å². The van der Waals surface area contributed by atoms with Crippen LogP contribution in [0.4, 0.5) is 0 Å². The molecule has 182 valence electrons. The van der Waals surface area contributed by atoms with Gasteiger partial charge in [-0.25, -0.2) is 0 Å². The number of carbonyl (C=O) groups excluding carboxylic acids is 1. The molecule has 1 heterocycles. The third kappa shape index (κ3) is 5.09. The standard InChI is InChI=1S/C31H28O5/c32-29-21-22-30(35-29,34-24-33-23-25-13-5-1-6-14-25)36-31(26-15-7-2-8-16-26,27-17-9-3-10-18-27)28-19-11-4-12-20-28/h1-20H,21-24H2/t30-/m0/s1. The SMILES string of the molecule is O=C1CC[C@@](OCOCc2ccccc2)(OC(c2ccccc2)(c2ccccc2)c2ccccc2)O1. The molecule has 0 amide bonds. The van der Waals surface area contributed by atoms with E-state index in [2.05, 4.69) is 0 Å². The lowest BCUT2D eigenvalue weighted by Gasteiger charge is -2.41. The van der Waals surface area contributed by atoms with Crippen LogP contribution in [0.2, 0.25) is 0 Å². The Balaban J connectivity index is 1.53. The van der Waals surface area contributed by atoms with Crippen molar-refractivity contribution < 1.29 is 23.7 Å². The van der Waals surface area contributed by atoms with E-state index in [1.807, 2.05) is 121 Å². The van der Waals surface area contributed by atoms with Crippen molar-refractivity contribution in [3.8, 4) is 0 Å². The van der Waals surface area contributed by atoms with Gasteiger partial charge in [-0.1, -0.05) is 121 Å². The molecule has 0 radical (unpaired) electrons. The second kappa shape index (κ2) is 10.9. The van der Waals surface area contributed by atoms with E-state index in [1.54, 1.807) is 0 Å². The first-order valence-electron chi connectivity index (χ1n) is 12.0. The maximum atomic E-state index is 12.4. The summed E-state index contributed by atoms with van der Waals surface area (Å²) in [7, 11) is 0. The lowest BCUT2D eigenvalue weighted by atomic mass is 9.80. The van der Waals surface area contributed by atoms with Gasteiger partial charge in [0.05, 0.1) is 19.4 Å². The van der Waals surface area contributed by atoms with Crippen LogP contribution >= 0.6 is 0 Å². The second-order valence-corrected chi connectivity index (χ2v) is 8.63. The van der Waals surface area contributed by atoms with Gasteiger partial charge in [0.15, 0.2) is 12.4 Å². The highest BCUT2D eigenvalue weighted by molar-refractivity contribution is 5.71. The van der Waals surface area contributed by atoms with Gasteiger partial charge in [0.25, 0.3) is 0 Å². The van der Waals surface area contributed by atoms with Crippen LogP contribution in [0.1, 0.15) is 35.1 Å². The lowest BCUT2D eigenvalue weighted by molar-refractivity contribution is -0.392. The molecule has 1 fully saturated rings. The van der Waals surface area contributed by atoms with E-state index in [1.165, 1.54) is 0 Å². The Kier molecular flexibility index (Phi) is 7.23. The smallest absolute Gasteiger partial charge is 0.333 e. The van der Waals surface area contributed by atoms with Crippen LogP contribution < -0.4 is 0 Å². The summed E-state index contributed by atoms with van der Waals surface area (Å²) >= 11 is 0. The zero-order valence-corrected chi connectivity index (χ0v) is 19.9. The largest absolute Gasteiger partial charge is 0.408 e. The Morgan fingerprint density at radius 2 is 1.17 bits per heavy atom. The van der Waals surface area contributed by atoms with Gasteiger partial charge in [-0.05, 0) is 22.3 Å². The summed E-state index contributed by atoms with van der Waals surface area (Å²) in [6.45, 7) is 0.267. The van der Waals surface area contributed by atoms with E-state index in [4.69, 9.17) is 18.9 Å². The average Bonchev–Trinajstić information content (AvgIpc) is 3.32. The Hall–Kier alpha value is -3.77. The van der Waals surface area contributed by atoms with Crippen molar-refractivity contribution in [2.45, 2.75) is 31.0 Å². The van der Waals surface area contributed by atoms with Gasteiger partial charge in [-0.2, -0.15) is 0 Å². The van der Waals surface area contributed by atoms with Gasteiger partial charge >= 0.3 is 11.9 Å².